The van der Waals surface area contributed by atoms with Gasteiger partial charge in [-0.15, -0.1) is 12.4 Å². The Morgan fingerprint density at radius 3 is 1.67 bits per heavy atom. The Morgan fingerprint density at radius 1 is 1.50 bits per heavy atom. The molecule has 0 heterocycles. The van der Waals surface area contributed by atoms with E-state index in [1.807, 2.05) is 0 Å². The van der Waals surface area contributed by atoms with Crippen LogP contribution < -0.4 is 5.73 Å². The van der Waals surface area contributed by atoms with Gasteiger partial charge in [-0.1, -0.05) is 13.2 Å². The number of nitrogens with two attached hydrogens (primary N) is 1. The number of amides is 1. The molecule has 1 amide bonds. The maximum atomic E-state index is 9.82. The van der Waals surface area contributed by atoms with Crippen molar-refractivity contribution < 1.29 is 14.7 Å². The van der Waals surface area contributed by atoms with Crippen molar-refractivity contribution in [2.45, 2.75) is 6.92 Å². The van der Waals surface area contributed by atoms with Gasteiger partial charge in [0.05, 0.1) is 0 Å². The lowest BCUT2D eigenvalue weighted by Gasteiger charge is -1.81. The highest BCUT2D eigenvalue weighted by molar-refractivity contribution is 5.90. The molecule has 0 rings (SSSR count). The summed E-state index contributed by atoms with van der Waals surface area (Å²) in [5.41, 5.74) is 5.09. The Balaban J connectivity index is -0.000000126. The Kier molecular flexibility index (Phi) is 13.7. The van der Waals surface area contributed by atoms with E-state index in [1.54, 1.807) is 6.92 Å². The van der Waals surface area contributed by atoms with E-state index < -0.39 is 11.9 Å². The molecule has 12 heavy (non-hydrogen) atoms. The number of aliphatic carboxylic acids is 1. The van der Waals surface area contributed by atoms with Crippen LogP contribution in [0.3, 0.4) is 0 Å². The first-order valence-corrected chi connectivity index (χ1v) is 2.72. The zero-order valence-corrected chi connectivity index (χ0v) is 7.56. The minimum atomic E-state index is -0.981. The van der Waals surface area contributed by atoms with Gasteiger partial charge in [0.2, 0.25) is 5.91 Å². The Morgan fingerprint density at radius 2 is 1.67 bits per heavy atom. The van der Waals surface area contributed by atoms with Gasteiger partial charge in [-0.05, 0) is 6.92 Å². The molecule has 0 aliphatic heterocycles. The molecule has 0 aliphatic rings. The lowest BCUT2D eigenvalue weighted by Crippen LogP contribution is -2.10. The molecule has 0 aromatic heterocycles. The molecule has 0 bridgehead atoms. The van der Waals surface area contributed by atoms with Crippen LogP contribution >= 0.6 is 12.4 Å². The van der Waals surface area contributed by atoms with Crippen molar-refractivity contribution in [2.75, 3.05) is 0 Å². The highest BCUT2D eigenvalue weighted by Gasteiger charge is 1.86. The summed E-state index contributed by atoms with van der Waals surface area (Å²) >= 11 is 0. The first-order valence-electron chi connectivity index (χ1n) is 2.72. The van der Waals surface area contributed by atoms with Gasteiger partial charge in [-0.2, -0.15) is 0 Å². The predicted octanol–water partition coefficient (Wildman–Crippen LogP) is 0.727. The van der Waals surface area contributed by atoms with Crippen molar-refractivity contribution >= 4 is 24.3 Å². The first kappa shape index (κ1) is 17.0. The van der Waals surface area contributed by atoms with Gasteiger partial charge >= 0.3 is 5.97 Å². The normalized spacial score (nSPS) is 6.42. The summed E-state index contributed by atoms with van der Waals surface area (Å²) in [6, 6.07) is 0. The van der Waals surface area contributed by atoms with Crippen molar-refractivity contribution in [3.63, 3.8) is 0 Å². The Hall–Kier alpha value is -1.29. The van der Waals surface area contributed by atoms with Crippen LogP contribution in [-0.4, -0.2) is 17.0 Å². The standard InChI is InChI=1S/C4H7NO.C3H4O2.ClH/c1-3(2)4(5)6;1-2-3(4)5;/h1H2,2H3,(H2,5,6);2H,1H2,(H,4,5);1H. The van der Waals surface area contributed by atoms with Crippen LogP contribution in [0.25, 0.3) is 0 Å². The van der Waals surface area contributed by atoms with E-state index in [2.05, 4.69) is 13.2 Å². The monoisotopic (exact) mass is 193 g/mol. The Labute approximate surface area is 77.2 Å². The molecule has 0 atom stereocenters. The van der Waals surface area contributed by atoms with E-state index in [9.17, 15) is 9.59 Å². The van der Waals surface area contributed by atoms with Crippen molar-refractivity contribution in [1.82, 2.24) is 0 Å². The van der Waals surface area contributed by atoms with E-state index in [1.165, 1.54) is 0 Å². The summed E-state index contributed by atoms with van der Waals surface area (Å²) in [6.07, 6.45) is 0.833. The van der Waals surface area contributed by atoms with Gasteiger partial charge in [0.25, 0.3) is 0 Å². The van der Waals surface area contributed by atoms with Gasteiger partial charge in [0.15, 0.2) is 0 Å². The third kappa shape index (κ3) is 23.3. The summed E-state index contributed by atoms with van der Waals surface area (Å²) in [6.45, 7) is 7.81. The molecule has 0 aromatic carbocycles. The third-order valence-corrected chi connectivity index (χ3v) is 0.595. The van der Waals surface area contributed by atoms with Gasteiger partial charge in [-0.25, -0.2) is 4.79 Å². The lowest BCUT2D eigenvalue weighted by atomic mass is 10.3. The smallest absolute Gasteiger partial charge is 0.327 e. The van der Waals surface area contributed by atoms with Gasteiger partial charge in [0.1, 0.15) is 0 Å². The number of carboxylic acids is 1. The fourth-order valence-corrected chi connectivity index (χ4v) is 0. The van der Waals surface area contributed by atoms with Crippen LogP contribution in [-0.2, 0) is 9.59 Å². The number of carbonyl (C=O) groups is 2. The molecule has 70 valence electrons. The fourth-order valence-electron chi connectivity index (χ4n) is 0. The molecular formula is C7H12ClNO3. The number of hydrogen-bond acceptors (Lipinski definition) is 2. The molecule has 3 N–H and O–H groups in total. The molecule has 0 aliphatic carbocycles. The second-order valence-corrected chi connectivity index (χ2v) is 1.69. The van der Waals surface area contributed by atoms with Crippen molar-refractivity contribution in [3.8, 4) is 0 Å². The summed E-state index contributed by atoms with van der Waals surface area (Å²) in [5, 5.41) is 7.60. The second-order valence-electron chi connectivity index (χ2n) is 1.69. The zero-order chi connectivity index (χ0) is 9.44. The average Bonchev–Trinajstić information content (AvgIpc) is 1.89. The van der Waals surface area contributed by atoms with Gasteiger partial charge in [0, 0.05) is 11.6 Å². The number of carboxylic acid groups (broad SMARTS) is 1. The first-order chi connectivity index (χ1) is 4.91. The molecule has 0 aromatic rings. The highest BCUT2D eigenvalue weighted by Crippen LogP contribution is 1.78. The molecule has 0 saturated heterocycles. The molecule has 4 nitrogen and oxygen atoms in total. The number of carbonyl (C=O) groups excluding carboxylic acids is 1. The van der Waals surface area contributed by atoms with Crippen molar-refractivity contribution in [2.24, 2.45) is 5.73 Å². The molecule has 5 heteroatoms. The highest BCUT2D eigenvalue weighted by atomic mass is 35.5. The number of primary amides is 1. The van der Waals surface area contributed by atoms with Crippen LogP contribution in [0.1, 0.15) is 6.92 Å². The SMILES string of the molecule is C=C(C)C(N)=O.C=CC(=O)O.Cl. The fraction of sp³-hybridized carbons (Fsp3) is 0.143. The van der Waals surface area contributed by atoms with Crippen LogP contribution in [0.15, 0.2) is 24.8 Å². The van der Waals surface area contributed by atoms with Crippen LogP contribution in [0, 0.1) is 0 Å². The van der Waals surface area contributed by atoms with Crippen molar-refractivity contribution in [1.29, 1.82) is 0 Å². The largest absolute Gasteiger partial charge is 0.478 e. The summed E-state index contributed by atoms with van der Waals surface area (Å²) in [4.78, 5) is 19.1. The number of rotatable bonds is 2. The molecule has 0 fully saturated rings. The third-order valence-electron chi connectivity index (χ3n) is 0.595. The summed E-state index contributed by atoms with van der Waals surface area (Å²) in [7, 11) is 0. The van der Waals surface area contributed by atoms with E-state index >= 15 is 0 Å². The van der Waals surface area contributed by atoms with E-state index in [0.29, 0.717) is 5.57 Å². The second kappa shape index (κ2) is 9.71. The zero-order valence-electron chi connectivity index (χ0n) is 6.74. The van der Waals surface area contributed by atoms with Crippen LogP contribution in [0.5, 0.6) is 0 Å². The molecular weight excluding hydrogens is 182 g/mol. The molecule has 0 unspecified atom stereocenters. The molecule has 0 saturated carbocycles. The minimum absolute atomic E-state index is 0. The van der Waals surface area contributed by atoms with E-state index in [0.717, 1.165) is 6.08 Å². The number of hydrogen-bond donors (Lipinski definition) is 2. The van der Waals surface area contributed by atoms with Crippen LogP contribution in [0.4, 0.5) is 0 Å². The quantitative estimate of drug-likeness (QED) is 0.635. The van der Waals surface area contributed by atoms with Gasteiger partial charge in [-0.3, -0.25) is 4.79 Å². The van der Waals surface area contributed by atoms with Crippen molar-refractivity contribution in [3.05, 3.63) is 24.8 Å². The maximum absolute atomic E-state index is 9.82. The average molecular weight is 194 g/mol. The molecule has 0 spiro atoms. The Bertz CT molecular complexity index is 177. The summed E-state index contributed by atoms with van der Waals surface area (Å²) in [5.74, 6) is -1.42. The van der Waals surface area contributed by atoms with Gasteiger partial charge < -0.3 is 10.8 Å². The predicted molar refractivity (Wildman–Crippen MR) is 49.1 cm³/mol. The number of halogens is 1. The molecule has 0 radical (unpaired) electrons. The maximum Gasteiger partial charge on any atom is 0.327 e. The van der Waals surface area contributed by atoms with E-state index in [4.69, 9.17) is 10.8 Å². The van der Waals surface area contributed by atoms with E-state index in [-0.39, 0.29) is 12.4 Å². The lowest BCUT2D eigenvalue weighted by molar-refractivity contribution is -0.131. The topological polar surface area (TPSA) is 80.4 Å². The van der Waals surface area contributed by atoms with Crippen LogP contribution in [0.2, 0.25) is 0 Å². The summed E-state index contributed by atoms with van der Waals surface area (Å²) < 4.78 is 0. The minimum Gasteiger partial charge on any atom is -0.478 e.